The standard InChI is InChI=1S/C5H9FN2/c1-4(6)5(7-2)8-3/h8H,2H2,1,3H3/b5-4-. The minimum absolute atomic E-state index is 0.199. The molecule has 0 saturated carbocycles. The summed E-state index contributed by atoms with van der Waals surface area (Å²) in [6.45, 7) is 4.46. The average Bonchev–Trinajstić information content (AvgIpc) is 1.69. The first kappa shape index (κ1) is 7.14. The van der Waals surface area contributed by atoms with Gasteiger partial charge in [-0.25, -0.2) is 9.38 Å². The number of allylic oxidation sites excluding steroid dienone is 1. The highest BCUT2D eigenvalue weighted by molar-refractivity contribution is 5.28. The van der Waals surface area contributed by atoms with Gasteiger partial charge in [0, 0.05) is 7.05 Å². The molecule has 0 atom stereocenters. The Morgan fingerprint density at radius 3 is 2.25 bits per heavy atom. The highest BCUT2D eigenvalue weighted by Crippen LogP contribution is 1.99. The van der Waals surface area contributed by atoms with Crippen molar-refractivity contribution in [3.8, 4) is 0 Å². The summed E-state index contributed by atoms with van der Waals surface area (Å²) in [6.07, 6.45) is 0. The van der Waals surface area contributed by atoms with Crippen molar-refractivity contribution in [2.24, 2.45) is 4.99 Å². The Kier molecular flexibility index (Phi) is 2.84. The molecule has 1 N–H and O–H groups in total. The summed E-state index contributed by atoms with van der Waals surface area (Å²) in [5.74, 6) is -0.146. The van der Waals surface area contributed by atoms with Crippen LogP contribution in [0.1, 0.15) is 6.92 Å². The molecule has 0 aliphatic carbocycles. The van der Waals surface area contributed by atoms with Gasteiger partial charge in [0.2, 0.25) is 0 Å². The van der Waals surface area contributed by atoms with Gasteiger partial charge in [0.1, 0.15) is 5.83 Å². The topological polar surface area (TPSA) is 24.4 Å². The fourth-order valence-electron chi connectivity index (χ4n) is 0.360. The van der Waals surface area contributed by atoms with Crippen LogP contribution in [-0.2, 0) is 0 Å². The van der Waals surface area contributed by atoms with Crippen molar-refractivity contribution >= 4 is 6.72 Å². The van der Waals surface area contributed by atoms with Gasteiger partial charge in [-0.2, -0.15) is 0 Å². The minimum atomic E-state index is -0.345. The maximum atomic E-state index is 12.0. The van der Waals surface area contributed by atoms with E-state index in [2.05, 4.69) is 17.0 Å². The van der Waals surface area contributed by atoms with E-state index in [1.807, 2.05) is 0 Å². The van der Waals surface area contributed by atoms with E-state index in [9.17, 15) is 4.39 Å². The van der Waals surface area contributed by atoms with Crippen LogP contribution in [0.5, 0.6) is 0 Å². The predicted octanol–water partition coefficient (Wildman–Crippen LogP) is 1.06. The number of nitrogens with one attached hydrogen (secondary N) is 1. The summed E-state index contributed by atoms with van der Waals surface area (Å²) in [5.41, 5.74) is 0. The number of nitrogens with zero attached hydrogens (tertiary/aromatic N) is 1. The summed E-state index contributed by atoms with van der Waals surface area (Å²) < 4.78 is 12.0. The van der Waals surface area contributed by atoms with E-state index in [0.29, 0.717) is 0 Å². The predicted molar refractivity (Wildman–Crippen MR) is 32.4 cm³/mol. The van der Waals surface area contributed by atoms with Crippen LogP contribution in [0, 0.1) is 0 Å². The Morgan fingerprint density at radius 2 is 2.25 bits per heavy atom. The number of halogens is 1. The number of rotatable bonds is 2. The van der Waals surface area contributed by atoms with Crippen molar-refractivity contribution in [1.82, 2.24) is 5.32 Å². The van der Waals surface area contributed by atoms with Crippen molar-refractivity contribution in [2.75, 3.05) is 7.05 Å². The summed E-state index contributed by atoms with van der Waals surface area (Å²) in [6, 6.07) is 0. The highest BCUT2D eigenvalue weighted by atomic mass is 19.1. The molecule has 0 fully saturated rings. The van der Waals surface area contributed by atoms with Crippen LogP contribution in [0.3, 0.4) is 0 Å². The van der Waals surface area contributed by atoms with E-state index in [1.165, 1.54) is 6.92 Å². The Hall–Kier alpha value is -0.860. The smallest absolute Gasteiger partial charge is 0.156 e. The van der Waals surface area contributed by atoms with Crippen LogP contribution in [-0.4, -0.2) is 13.8 Å². The van der Waals surface area contributed by atoms with E-state index in [1.54, 1.807) is 7.05 Å². The number of aliphatic imine (C=N–C) groups is 1. The maximum Gasteiger partial charge on any atom is 0.156 e. The lowest BCUT2D eigenvalue weighted by Crippen LogP contribution is -2.03. The van der Waals surface area contributed by atoms with Gasteiger partial charge in [0.05, 0.1) is 0 Å². The maximum absolute atomic E-state index is 12.0. The molecule has 0 heterocycles. The summed E-state index contributed by atoms with van der Waals surface area (Å²) in [5, 5.41) is 2.53. The molecule has 0 spiro atoms. The Balaban J connectivity index is 4.07. The Bertz CT molecular complexity index is 114. The number of hydrogen-bond acceptors (Lipinski definition) is 2. The van der Waals surface area contributed by atoms with E-state index in [4.69, 9.17) is 0 Å². The molecule has 0 aromatic rings. The molecule has 0 aromatic heterocycles. The van der Waals surface area contributed by atoms with Crippen LogP contribution in [0.2, 0.25) is 0 Å². The molecule has 0 amide bonds. The molecule has 2 nitrogen and oxygen atoms in total. The first-order valence-electron chi connectivity index (χ1n) is 2.23. The molecule has 0 rings (SSSR count). The Morgan fingerprint density at radius 1 is 1.75 bits per heavy atom. The van der Waals surface area contributed by atoms with E-state index in [0.717, 1.165) is 0 Å². The second kappa shape index (κ2) is 3.18. The van der Waals surface area contributed by atoms with E-state index >= 15 is 0 Å². The van der Waals surface area contributed by atoms with Gasteiger partial charge < -0.3 is 5.32 Å². The largest absolute Gasteiger partial charge is 0.371 e. The fourth-order valence-corrected chi connectivity index (χ4v) is 0.360. The van der Waals surface area contributed by atoms with Crippen LogP contribution in [0.4, 0.5) is 4.39 Å². The lowest BCUT2D eigenvalue weighted by Gasteiger charge is -1.96. The summed E-state index contributed by atoms with van der Waals surface area (Å²) in [4.78, 5) is 3.35. The summed E-state index contributed by atoms with van der Waals surface area (Å²) >= 11 is 0. The lowest BCUT2D eigenvalue weighted by atomic mass is 10.6. The highest BCUT2D eigenvalue weighted by Gasteiger charge is 1.91. The SMILES string of the molecule is C=N/C(NC)=C(\C)F. The number of hydrogen-bond donors (Lipinski definition) is 1. The normalized spacial score (nSPS) is 12.4. The molecule has 8 heavy (non-hydrogen) atoms. The molecule has 0 bridgehead atoms. The van der Waals surface area contributed by atoms with Gasteiger partial charge in [-0.15, -0.1) is 0 Å². The third kappa shape index (κ3) is 1.73. The first-order chi connectivity index (χ1) is 3.72. The van der Waals surface area contributed by atoms with Gasteiger partial charge in [0.25, 0.3) is 0 Å². The quantitative estimate of drug-likeness (QED) is 0.536. The first-order valence-corrected chi connectivity index (χ1v) is 2.23. The van der Waals surface area contributed by atoms with Crippen LogP contribution in [0.15, 0.2) is 16.6 Å². The van der Waals surface area contributed by atoms with Crippen molar-refractivity contribution in [1.29, 1.82) is 0 Å². The van der Waals surface area contributed by atoms with Crippen molar-refractivity contribution < 1.29 is 4.39 Å². The molecular formula is C5H9FN2. The van der Waals surface area contributed by atoms with Crippen LogP contribution >= 0.6 is 0 Å². The molecule has 0 aliphatic heterocycles. The van der Waals surface area contributed by atoms with Crippen LogP contribution < -0.4 is 5.32 Å². The fraction of sp³-hybridized carbons (Fsp3) is 0.400. The van der Waals surface area contributed by atoms with Crippen molar-refractivity contribution in [3.63, 3.8) is 0 Å². The summed E-state index contributed by atoms with van der Waals surface area (Å²) in [7, 11) is 1.59. The molecule has 0 aliphatic rings. The molecular weight excluding hydrogens is 107 g/mol. The second-order valence-corrected chi connectivity index (χ2v) is 1.29. The zero-order valence-electron chi connectivity index (χ0n) is 5.03. The zero-order chi connectivity index (χ0) is 6.57. The van der Waals surface area contributed by atoms with E-state index < -0.39 is 0 Å². The van der Waals surface area contributed by atoms with Crippen LogP contribution in [0.25, 0.3) is 0 Å². The monoisotopic (exact) mass is 116 g/mol. The molecule has 46 valence electrons. The Labute approximate surface area is 48.1 Å². The second-order valence-electron chi connectivity index (χ2n) is 1.29. The van der Waals surface area contributed by atoms with Gasteiger partial charge >= 0.3 is 0 Å². The molecule has 0 saturated heterocycles. The molecule has 3 heteroatoms. The third-order valence-corrected chi connectivity index (χ3v) is 0.721. The van der Waals surface area contributed by atoms with Gasteiger partial charge in [-0.05, 0) is 13.6 Å². The third-order valence-electron chi connectivity index (χ3n) is 0.721. The van der Waals surface area contributed by atoms with Gasteiger partial charge in [0.15, 0.2) is 5.82 Å². The van der Waals surface area contributed by atoms with E-state index in [-0.39, 0.29) is 11.6 Å². The zero-order valence-corrected chi connectivity index (χ0v) is 5.03. The lowest BCUT2D eigenvalue weighted by molar-refractivity contribution is 0.612. The van der Waals surface area contributed by atoms with Gasteiger partial charge in [-0.3, -0.25) is 0 Å². The average molecular weight is 116 g/mol. The minimum Gasteiger partial charge on any atom is -0.371 e. The van der Waals surface area contributed by atoms with Crippen molar-refractivity contribution in [3.05, 3.63) is 11.6 Å². The van der Waals surface area contributed by atoms with Crippen molar-refractivity contribution in [2.45, 2.75) is 6.92 Å². The molecule has 0 radical (unpaired) electrons. The van der Waals surface area contributed by atoms with Gasteiger partial charge in [-0.1, -0.05) is 0 Å². The molecule has 0 aromatic carbocycles. The molecule has 0 unspecified atom stereocenters.